The van der Waals surface area contributed by atoms with Gasteiger partial charge in [0.15, 0.2) is 6.61 Å². The van der Waals surface area contributed by atoms with E-state index in [0.717, 1.165) is 6.42 Å². The van der Waals surface area contributed by atoms with Crippen LogP contribution in [0.25, 0.3) is 0 Å². The summed E-state index contributed by atoms with van der Waals surface area (Å²) in [4.78, 5) is 26.9. The van der Waals surface area contributed by atoms with Crippen molar-refractivity contribution in [1.29, 1.82) is 0 Å². The van der Waals surface area contributed by atoms with Crippen molar-refractivity contribution in [3.63, 3.8) is 0 Å². The van der Waals surface area contributed by atoms with Crippen molar-refractivity contribution >= 4 is 23.4 Å². The first-order valence-corrected chi connectivity index (χ1v) is 9.90. The first kappa shape index (κ1) is 22.7. The molecule has 1 N–H and O–H groups in total. The Bertz CT molecular complexity index is 829. The average molecular weight is 421 g/mol. The van der Waals surface area contributed by atoms with Crippen molar-refractivity contribution in [2.45, 2.75) is 45.8 Å². The summed E-state index contributed by atoms with van der Waals surface area (Å²) in [5, 5.41) is 3.39. The first-order chi connectivity index (χ1) is 13.8. The Labute approximate surface area is 175 Å². The fourth-order valence-electron chi connectivity index (χ4n) is 2.62. The SMILES string of the molecule is CC[C@H](C)NC(=O)[C@@H](C)N(Cc1ccc(F)cc1)C(=O)COc1cccc(Cl)c1. The number of hydrogen-bond donors (Lipinski definition) is 1. The summed E-state index contributed by atoms with van der Waals surface area (Å²) in [5.41, 5.74) is 0.714. The van der Waals surface area contributed by atoms with E-state index < -0.39 is 6.04 Å². The average Bonchev–Trinajstić information content (AvgIpc) is 2.71. The Morgan fingerprint density at radius 1 is 1.17 bits per heavy atom. The minimum absolute atomic E-state index is 0.00423. The van der Waals surface area contributed by atoms with Gasteiger partial charge >= 0.3 is 0 Å². The van der Waals surface area contributed by atoms with E-state index in [4.69, 9.17) is 16.3 Å². The molecular formula is C22H26ClFN2O3. The molecule has 0 spiro atoms. The van der Waals surface area contributed by atoms with E-state index in [1.165, 1.54) is 17.0 Å². The predicted molar refractivity (Wildman–Crippen MR) is 111 cm³/mol. The molecule has 0 unspecified atom stereocenters. The zero-order chi connectivity index (χ0) is 21.4. The maximum atomic E-state index is 13.2. The van der Waals surface area contributed by atoms with E-state index in [1.807, 2.05) is 13.8 Å². The largest absolute Gasteiger partial charge is 0.484 e. The monoisotopic (exact) mass is 420 g/mol. The molecule has 2 aromatic rings. The first-order valence-electron chi connectivity index (χ1n) is 9.52. The summed E-state index contributed by atoms with van der Waals surface area (Å²) >= 11 is 5.94. The van der Waals surface area contributed by atoms with Crippen LogP contribution < -0.4 is 10.1 Å². The van der Waals surface area contributed by atoms with Gasteiger partial charge in [-0.2, -0.15) is 0 Å². The third-order valence-corrected chi connectivity index (χ3v) is 4.83. The fraction of sp³-hybridized carbons (Fsp3) is 0.364. The van der Waals surface area contributed by atoms with Crippen molar-refractivity contribution in [2.75, 3.05) is 6.61 Å². The van der Waals surface area contributed by atoms with E-state index in [-0.39, 0.29) is 36.8 Å². The second-order valence-corrected chi connectivity index (χ2v) is 7.32. The van der Waals surface area contributed by atoms with E-state index >= 15 is 0 Å². The van der Waals surface area contributed by atoms with Crippen molar-refractivity contribution in [2.24, 2.45) is 0 Å². The van der Waals surface area contributed by atoms with Gasteiger partial charge < -0.3 is 15.0 Å². The van der Waals surface area contributed by atoms with E-state index in [1.54, 1.807) is 43.3 Å². The molecule has 0 radical (unpaired) electrons. The van der Waals surface area contributed by atoms with Crippen LogP contribution in [0.5, 0.6) is 5.75 Å². The van der Waals surface area contributed by atoms with Crippen molar-refractivity contribution in [1.82, 2.24) is 10.2 Å². The second kappa shape index (κ2) is 10.8. The molecule has 29 heavy (non-hydrogen) atoms. The zero-order valence-corrected chi connectivity index (χ0v) is 17.6. The van der Waals surface area contributed by atoms with Crippen LogP contribution in [0.3, 0.4) is 0 Å². The molecule has 0 aliphatic heterocycles. The molecule has 0 heterocycles. The fourth-order valence-corrected chi connectivity index (χ4v) is 2.80. The number of carbonyl (C=O) groups is 2. The Hall–Kier alpha value is -2.60. The minimum atomic E-state index is -0.718. The standard InChI is InChI=1S/C22H26ClFN2O3/c1-4-15(2)25-22(28)16(3)26(13-17-8-10-19(24)11-9-17)21(27)14-29-20-7-5-6-18(23)12-20/h5-12,15-16H,4,13-14H2,1-3H3,(H,25,28)/t15-,16+/m0/s1. The van der Waals surface area contributed by atoms with Crippen LogP contribution in [0, 0.1) is 5.82 Å². The van der Waals surface area contributed by atoms with Crippen LogP contribution in [-0.2, 0) is 16.1 Å². The van der Waals surface area contributed by atoms with Crippen LogP contribution >= 0.6 is 11.6 Å². The Morgan fingerprint density at radius 3 is 2.48 bits per heavy atom. The molecule has 0 saturated carbocycles. The quantitative estimate of drug-likeness (QED) is 0.661. The number of ether oxygens (including phenoxy) is 1. The molecule has 7 heteroatoms. The minimum Gasteiger partial charge on any atom is -0.484 e. The van der Waals surface area contributed by atoms with Crippen LogP contribution in [0.2, 0.25) is 5.02 Å². The number of rotatable bonds is 9. The summed E-state index contributed by atoms with van der Waals surface area (Å²) in [6.07, 6.45) is 0.780. The number of nitrogens with zero attached hydrogens (tertiary/aromatic N) is 1. The van der Waals surface area contributed by atoms with Gasteiger partial charge in [-0.15, -0.1) is 0 Å². The molecule has 5 nitrogen and oxygen atoms in total. The van der Waals surface area contributed by atoms with Gasteiger partial charge in [0, 0.05) is 17.6 Å². The molecule has 0 saturated heterocycles. The van der Waals surface area contributed by atoms with Gasteiger partial charge in [0.25, 0.3) is 5.91 Å². The van der Waals surface area contributed by atoms with Gasteiger partial charge in [0.05, 0.1) is 0 Å². The highest BCUT2D eigenvalue weighted by atomic mass is 35.5. The van der Waals surface area contributed by atoms with Gasteiger partial charge in [-0.25, -0.2) is 4.39 Å². The molecule has 156 valence electrons. The molecule has 2 amide bonds. The molecule has 0 aliphatic rings. The lowest BCUT2D eigenvalue weighted by molar-refractivity contribution is -0.142. The topological polar surface area (TPSA) is 58.6 Å². The maximum Gasteiger partial charge on any atom is 0.261 e. The Kier molecular flexibility index (Phi) is 8.46. The lowest BCUT2D eigenvalue weighted by atomic mass is 10.1. The lowest BCUT2D eigenvalue weighted by Crippen LogP contribution is -2.50. The molecule has 0 aliphatic carbocycles. The third kappa shape index (κ3) is 7.06. The molecule has 2 aromatic carbocycles. The number of nitrogens with one attached hydrogen (secondary N) is 1. The summed E-state index contributed by atoms with van der Waals surface area (Å²) < 4.78 is 18.8. The molecule has 2 rings (SSSR count). The third-order valence-electron chi connectivity index (χ3n) is 4.59. The summed E-state index contributed by atoms with van der Waals surface area (Å²) in [6, 6.07) is 11.8. The highest BCUT2D eigenvalue weighted by Crippen LogP contribution is 2.18. The van der Waals surface area contributed by atoms with Crippen LogP contribution in [0.1, 0.15) is 32.8 Å². The normalized spacial score (nSPS) is 12.7. The van der Waals surface area contributed by atoms with Crippen molar-refractivity contribution in [3.8, 4) is 5.75 Å². The summed E-state index contributed by atoms with van der Waals surface area (Å²) in [6.45, 7) is 5.45. The van der Waals surface area contributed by atoms with Gasteiger partial charge in [0.1, 0.15) is 17.6 Å². The van der Waals surface area contributed by atoms with Crippen molar-refractivity contribution in [3.05, 3.63) is 64.9 Å². The Morgan fingerprint density at radius 2 is 1.86 bits per heavy atom. The van der Waals surface area contributed by atoms with Gasteiger partial charge in [0.2, 0.25) is 5.91 Å². The summed E-state index contributed by atoms with van der Waals surface area (Å²) in [5.74, 6) is -0.513. The smallest absolute Gasteiger partial charge is 0.261 e. The van der Waals surface area contributed by atoms with E-state index in [2.05, 4.69) is 5.32 Å². The van der Waals surface area contributed by atoms with E-state index in [0.29, 0.717) is 16.3 Å². The second-order valence-electron chi connectivity index (χ2n) is 6.89. The Balaban J connectivity index is 2.14. The van der Waals surface area contributed by atoms with E-state index in [9.17, 15) is 14.0 Å². The molecule has 0 bridgehead atoms. The number of hydrogen-bond acceptors (Lipinski definition) is 3. The lowest BCUT2D eigenvalue weighted by Gasteiger charge is -2.29. The highest BCUT2D eigenvalue weighted by molar-refractivity contribution is 6.30. The summed E-state index contributed by atoms with van der Waals surface area (Å²) in [7, 11) is 0. The molecule has 0 aromatic heterocycles. The molecule has 2 atom stereocenters. The number of carbonyl (C=O) groups excluding carboxylic acids is 2. The predicted octanol–water partition coefficient (Wildman–Crippen LogP) is 4.19. The van der Waals surface area contributed by atoms with Gasteiger partial charge in [-0.05, 0) is 56.2 Å². The molecule has 0 fully saturated rings. The molecular weight excluding hydrogens is 395 g/mol. The van der Waals surface area contributed by atoms with Gasteiger partial charge in [-0.3, -0.25) is 9.59 Å². The van der Waals surface area contributed by atoms with Crippen LogP contribution in [0.4, 0.5) is 4.39 Å². The number of halogens is 2. The highest BCUT2D eigenvalue weighted by Gasteiger charge is 2.27. The van der Waals surface area contributed by atoms with Gasteiger partial charge in [-0.1, -0.05) is 36.7 Å². The number of amides is 2. The zero-order valence-electron chi connectivity index (χ0n) is 16.8. The number of benzene rings is 2. The van der Waals surface area contributed by atoms with Crippen LogP contribution in [0.15, 0.2) is 48.5 Å². The maximum absolute atomic E-state index is 13.2. The van der Waals surface area contributed by atoms with Crippen molar-refractivity contribution < 1.29 is 18.7 Å². The van der Waals surface area contributed by atoms with Crippen LogP contribution in [-0.4, -0.2) is 35.4 Å².